The first kappa shape index (κ1) is 21.6. The average molecular weight is 384 g/mol. The first-order valence-electron chi connectivity index (χ1n) is 9.70. The Hall–Kier alpha value is -2.69. The maximum absolute atomic E-state index is 13.2. The van der Waals surface area contributed by atoms with E-state index in [-0.39, 0.29) is 24.2 Å². The minimum atomic E-state index is -0.628. The second-order valence-electron chi connectivity index (χ2n) is 7.45. The maximum atomic E-state index is 13.2. The van der Waals surface area contributed by atoms with Crippen molar-refractivity contribution in [3.8, 4) is 0 Å². The third-order valence-corrected chi connectivity index (χ3v) is 4.64. The summed E-state index contributed by atoms with van der Waals surface area (Å²) in [4.78, 5) is 26.9. The largest absolute Gasteiger partial charge is 0.354 e. The highest BCUT2D eigenvalue weighted by Crippen LogP contribution is 2.15. The predicted octanol–water partition coefficient (Wildman–Crippen LogP) is 3.95. The molecule has 0 bridgehead atoms. The minimum absolute atomic E-state index is 0.165. The molecule has 2 rings (SSSR count). The third kappa shape index (κ3) is 6.80. The van der Waals surface area contributed by atoms with E-state index in [0.29, 0.717) is 18.9 Å². The van der Waals surface area contributed by atoms with Crippen molar-refractivity contribution in [1.29, 1.82) is 0 Å². The highest BCUT2D eigenvalue weighted by Gasteiger charge is 2.28. The molecule has 0 aliphatic heterocycles. The maximum Gasteiger partial charge on any atom is 0.243 e. The number of nitrogens with one attached hydrogen (secondary N) is 1. The molecular weight excluding hydrogens is 355 g/mol. The SMILES string of the molecule is CC(=O)N(Cc1ccc(F)cc1)[C@H](Cc1ccccc1)C(=O)NCCC(C)C. The zero-order valence-corrected chi connectivity index (χ0v) is 16.8. The van der Waals surface area contributed by atoms with Crippen LogP contribution in [0.5, 0.6) is 0 Å². The van der Waals surface area contributed by atoms with Crippen molar-refractivity contribution in [3.05, 3.63) is 71.5 Å². The number of hydrogen-bond donors (Lipinski definition) is 1. The number of benzene rings is 2. The van der Waals surface area contributed by atoms with Crippen LogP contribution < -0.4 is 5.32 Å². The van der Waals surface area contributed by atoms with Gasteiger partial charge < -0.3 is 10.2 Å². The summed E-state index contributed by atoms with van der Waals surface area (Å²) in [5.41, 5.74) is 1.77. The molecule has 28 heavy (non-hydrogen) atoms. The normalized spacial score (nSPS) is 11.9. The van der Waals surface area contributed by atoms with Gasteiger partial charge in [-0.25, -0.2) is 4.39 Å². The van der Waals surface area contributed by atoms with E-state index in [1.807, 2.05) is 30.3 Å². The van der Waals surface area contributed by atoms with Crippen LogP contribution in [0.4, 0.5) is 4.39 Å². The van der Waals surface area contributed by atoms with Crippen molar-refractivity contribution in [2.45, 2.75) is 46.2 Å². The van der Waals surface area contributed by atoms with Gasteiger partial charge in [-0.3, -0.25) is 9.59 Å². The van der Waals surface area contributed by atoms with E-state index in [4.69, 9.17) is 0 Å². The number of carbonyl (C=O) groups excluding carboxylic acids is 2. The zero-order valence-electron chi connectivity index (χ0n) is 16.8. The molecule has 2 amide bonds. The summed E-state index contributed by atoms with van der Waals surface area (Å²) in [5, 5.41) is 2.97. The summed E-state index contributed by atoms with van der Waals surface area (Å²) in [6, 6.07) is 15.0. The molecule has 0 aliphatic rings. The van der Waals surface area contributed by atoms with Crippen molar-refractivity contribution in [1.82, 2.24) is 10.2 Å². The van der Waals surface area contributed by atoms with Gasteiger partial charge in [0.05, 0.1) is 0 Å². The van der Waals surface area contributed by atoms with Gasteiger partial charge >= 0.3 is 0 Å². The van der Waals surface area contributed by atoms with Gasteiger partial charge in [0.25, 0.3) is 0 Å². The molecule has 0 aromatic heterocycles. The third-order valence-electron chi connectivity index (χ3n) is 4.64. The number of hydrogen-bond acceptors (Lipinski definition) is 2. The van der Waals surface area contributed by atoms with Gasteiger partial charge in [-0.05, 0) is 35.6 Å². The Morgan fingerprint density at radius 3 is 2.21 bits per heavy atom. The fraction of sp³-hybridized carbons (Fsp3) is 0.391. The summed E-state index contributed by atoms with van der Waals surface area (Å²) in [7, 11) is 0. The Balaban J connectivity index is 2.22. The molecule has 0 aliphatic carbocycles. The van der Waals surface area contributed by atoms with Gasteiger partial charge in [0.1, 0.15) is 11.9 Å². The molecule has 5 heteroatoms. The molecule has 0 radical (unpaired) electrons. The number of halogens is 1. The molecule has 1 atom stereocenters. The van der Waals surface area contributed by atoms with Crippen LogP contribution in [-0.4, -0.2) is 29.3 Å². The average Bonchev–Trinajstić information content (AvgIpc) is 2.66. The van der Waals surface area contributed by atoms with Gasteiger partial charge in [-0.15, -0.1) is 0 Å². The first-order chi connectivity index (χ1) is 13.4. The van der Waals surface area contributed by atoms with Gasteiger partial charge in [-0.1, -0.05) is 56.3 Å². The molecule has 0 saturated carbocycles. The lowest BCUT2D eigenvalue weighted by Crippen LogP contribution is -2.50. The minimum Gasteiger partial charge on any atom is -0.354 e. The highest BCUT2D eigenvalue weighted by molar-refractivity contribution is 5.87. The summed E-state index contributed by atoms with van der Waals surface area (Å²) in [5.74, 6) is -0.201. The molecule has 2 aromatic rings. The molecule has 0 fully saturated rings. The Morgan fingerprint density at radius 2 is 1.64 bits per heavy atom. The zero-order chi connectivity index (χ0) is 20.5. The van der Waals surface area contributed by atoms with Crippen molar-refractivity contribution in [2.75, 3.05) is 6.54 Å². The van der Waals surface area contributed by atoms with Crippen molar-refractivity contribution in [2.24, 2.45) is 5.92 Å². The standard InChI is InChI=1S/C23H29FN2O2/c1-17(2)13-14-25-23(28)22(15-19-7-5-4-6-8-19)26(18(3)27)16-20-9-11-21(24)12-10-20/h4-12,17,22H,13-16H2,1-3H3,(H,25,28)/t22-/m1/s1. The Kier molecular flexibility index (Phi) is 8.18. The van der Waals surface area contributed by atoms with Crippen LogP contribution in [0.15, 0.2) is 54.6 Å². The summed E-state index contributed by atoms with van der Waals surface area (Å²) in [6.45, 7) is 6.49. The van der Waals surface area contributed by atoms with Crippen LogP contribution in [-0.2, 0) is 22.6 Å². The molecule has 4 nitrogen and oxygen atoms in total. The van der Waals surface area contributed by atoms with E-state index in [9.17, 15) is 14.0 Å². The molecule has 2 aromatic carbocycles. The second kappa shape index (κ2) is 10.6. The fourth-order valence-electron chi connectivity index (χ4n) is 3.01. The second-order valence-corrected chi connectivity index (χ2v) is 7.45. The summed E-state index contributed by atoms with van der Waals surface area (Å²) in [6.07, 6.45) is 1.30. The molecule has 150 valence electrons. The number of amides is 2. The van der Waals surface area contributed by atoms with Crippen molar-refractivity contribution in [3.63, 3.8) is 0 Å². The quantitative estimate of drug-likeness (QED) is 0.712. The van der Waals surface area contributed by atoms with E-state index in [2.05, 4.69) is 19.2 Å². The van der Waals surface area contributed by atoms with Crippen LogP contribution in [0.2, 0.25) is 0 Å². The van der Waals surface area contributed by atoms with Gasteiger partial charge in [0.15, 0.2) is 0 Å². The topological polar surface area (TPSA) is 49.4 Å². The lowest BCUT2D eigenvalue weighted by Gasteiger charge is -2.30. The summed E-state index contributed by atoms with van der Waals surface area (Å²) >= 11 is 0. The molecular formula is C23H29FN2O2. The van der Waals surface area contributed by atoms with E-state index >= 15 is 0 Å². The molecule has 0 spiro atoms. The molecule has 0 unspecified atom stereocenters. The summed E-state index contributed by atoms with van der Waals surface area (Å²) < 4.78 is 13.2. The van der Waals surface area contributed by atoms with Crippen molar-refractivity contribution >= 4 is 11.8 Å². The van der Waals surface area contributed by atoms with E-state index in [1.165, 1.54) is 19.1 Å². The van der Waals surface area contributed by atoms with E-state index in [0.717, 1.165) is 17.5 Å². The number of rotatable bonds is 9. The van der Waals surface area contributed by atoms with Crippen LogP contribution in [0.3, 0.4) is 0 Å². The van der Waals surface area contributed by atoms with Crippen LogP contribution in [0.1, 0.15) is 38.3 Å². The first-order valence-corrected chi connectivity index (χ1v) is 9.70. The molecule has 1 N–H and O–H groups in total. The van der Waals surface area contributed by atoms with Crippen LogP contribution in [0, 0.1) is 11.7 Å². The van der Waals surface area contributed by atoms with Gasteiger partial charge in [-0.2, -0.15) is 0 Å². The van der Waals surface area contributed by atoms with E-state index < -0.39 is 6.04 Å². The number of carbonyl (C=O) groups is 2. The Morgan fingerprint density at radius 1 is 1.00 bits per heavy atom. The highest BCUT2D eigenvalue weighted by atomic mass is 19.1. The van der Waals surface area contributed by atoms with Gasteiger partial charge in [0, 0.05) is 26.4 Å². The lowest BCUT2D eigenvalue weighted by molar-refractivity contribution is -0.139. The van der Waals surface area contributed by atoms with Crippen LogP contribution in [0.25, 0.3) is 0 Å². The Labute approximate surface area is 166 Å². The molecule has 0 saturated heterocycles. The van der Waals surface area contributed by atoms with Crippen LogP contribution >= 0.6 is 0 Å². The molecule has 0 heterocycles. The Bertz CT molecular complexity index is 760. The van der Waals surface area contributed by atoms with E-state index in [1.54, 1.807) is 17.0 Å². The fourth-order valence-corrected chi connectivity index (χ4v) is 3.01. The smallest absolute Gasteiger partial charge is 0.243 e. The van der Waals surface area contributed by atoms with Crippen molar-refractivity contribution < 1.29 is 14.0 Å². The van der Waals surface area contributed by atoms with Gasteiger partial charge in [0.2, 0.25) is 11.8 Å². The monoisotopic (exact) mass is 384 g/mol. The predicted molar refractivity (Wildman–Crippen MR) is 109 cm³/mol. The number of nitrogens with zero attached hydrogens (tertiary/aromatic N) is 1. The lowest BCUT2D eigenvalue weighted by atomic mass is 10.0.